The quantitative estimate of drug-likeness (QED) is 0.869. The number of tetrazole rings is 1. The second-order valence-corrected chi connectivity index (χ2v) is 4.03. The maximum Gasteiger partial charge on any atom is 0.177 e. The van der Waals surface area contributed by atoms with Gasteiger partial charge in [0, 0.05) is 12.5 Å². The Kier molecular flexibility index (Phi) is 3.61. The number of hydrogen-bond donors (Lipinski definition) is 1. The minimum absolute atomic E-state index is 0.132. The highest BCUT2D eigenvalue weighted by Gasteiger charge is 2.12. The van der Waals surface area contributed by atoms with Crippen molar-refractivity contribution in [2.75, 3.05) is 0 Å². The molecule has 18 heavy (non-hydrogen) atoms. The molecule has 0 saturated carbocycles. The normalized spacial score (nSPS) is 12.7. The van der Waals surface area contributed by atoms with Gasteiger partial charge in [-0.15, -0.1) is 10.2 Å². The van der Waals surface area contributed by atoms with Crippen molar-refractivity contribution in [1.29, 1.82) is 0 Å². The number of rotatable bonds is 4. The fourth-order valence-electron chi connectivity index (χ4n) is 1.69. The first-order chi connectivity index (χ1) is 8.52. The number of aryl methyl sites for hydroxylation is 1. The molecule has 2 aromatic rings. The zero-order valence-corrected chi connectivity index (χ0v) is 9.72. The average molecular weight is 254 g/mol. The highest BCUT2D eigenvalue weighted by molar-refractivity contribution is 5.18. The Morgan fingerprint density at radius 1 is 1.22 bits per heavy atom. The molecule has 2 rings (SSSR count). The number of nitrogens with zero attached hydrogens (tertiary/aromatic N) is 4. The maximum atomic E-state index is 12.9. The van der Waals surface area contributed by atoms with Crippen LogP contribution in [0.4, 0.5) is 8.78 Å². The predicted molar refractivity (Wildman–Crippen MR) is 58.6 cm³/mol. The zero-order chi connectivity index (χ0) is 13.1. The van der Waals surface area contributed by atoms with Gasteiger partial charge >= 0.3 is 0 Å². The standard InChI is InChI=1S/C11H12F2N4O/c1-17-15-11(14-16-17)6-10(18)4-7-2-8(12)5-9(13)3-7/h2-3,5,10,18H,4,6H2,1H3. The summed E-state index contributed by atoms with van der Waals surface area (Å²) in [4.78, 5) is 1.28. The van der Waals surface area contributed by atoms with E-state index in [9.17, 15) is 13.9 Å². The smallest absolute Gasteiger partial charge is 0.177 e. The average Bonchev–Trinajstić information content (AvgIpc) is 2.61. The second kappa shape index (κ2) is 5.18. The summed E-state index contributed by atoms with van der Waals surface area (Å²) in [5.41, 5.74) is 0.392. The van der Waals surface area contributed by atoms with Gasteiger partial charge in [0.25, 0.3) is 0 Å². The third kappa shape index (κ3) is 3.30. The molecule has 96 valence electrons. The van der Waals surface area contributed by atoms with Crippen LogP contribution in [0.1, 0.15) is 11.4 Å². The predicted octanol–water partition coefficient (Wildman–Crippen LogP) is 0.634. The molecule has 1 N–H and O–H groups in total. The molecular formula is C11H12F2N4O. The molecule has 0 spiro atoms. The maximum absolute atomic E-state index is 12.9. The molecule has 0 aliphatic rings. The molecule has 1 heterocycles. The van der Waals surface area contributed by atoms with E-state index in [1.165, 1.54) is 16.9 Å². The van der Waals surface area contributed by atoms with Crippen LogP contribution < -0.4 is 0 Å². The molecule has 0 bridgehead atoms. The van der Waals surface area contributed by atoms with Crippen molar-refractivity contribution < 1.29 is 13.9 Å². The lowest BCUT2D eigenvalue weighted by atomic mass is 10.1. The van der Waals surface area contributed by atoms with Crippen LogP contribution in [0.15, 0.2) is 18.2 Å². The van der Waals surface area contributed by atoms with E-state index in [1.807, 2.05) is 0 Å². The molecule has 1 aromatic carbocycles. The van der Waals surface area contributed by atoms with Crippen molar-refractivity contribution in [3.05, 3.63) is 41.2 Å². The SMILES string of the molecule is Cn1nnc(CC(O)Cc2cc(F)cc(F)c2)n1. The van der Waals surface area contributed by atoms with E-state index in [4.69, 9.17) is 0 Å². The third-order valence-corrected chi connectivity index (χ3v) is 2.36. The lowest BCUT2D eigenvalue weighted by molar-refractivity contribution is 0.172. The summed E-state index contributed by atoms with van der Waals surface area (Å²) in [6.07, 6.45) is -0.491. The molecule has 0 amide bonds. The first kappa shape index (κ1) is 12.6. The van der Waals surface area contributed by atoms with E-state index >= 15 is 0 Å². The van der Waals surface area contributed by atoms with Crippen LogP contribution in [0.25, 0.3) is 0 Å². The Hall–Kier alpha value is -1.89. The van der Waals surface area contributed by atoms with Crippen LogP contribution in [-0.4, -0.2) is 31.4 Å². The van der Waals surface area contributed by atoms with E-state index in [0.717, 1.165) is 6.07 Å². The summed E-state index contributed by atoms with van der Waals surface area (Å²) in [7, 11) is 1.62. The Balaban J connectivity index is 2.00. The number of aliphatic hydroxyl groups is 1. The van der Waals surface area contributed by atoms with E-state index in [2.05, 4.69) is 15.4 Å². The van der Waals surface area contributed by atoms with Gasteiger partial charge in [0.2, 0.25) is 0 Å². The molecule has 1 unspecified atom stereocenters. The Morgan fingerprint density at radius 3 is 2.44 bits per heavy atom. The summed E-state index contributed by atoms with van der Waals surface area (Å²) in [6.45, 7) is 0. The Labute approximate surface area is 102 Å². The minimum atomic E-state index is -0.810. The fourth-order valence-corrected chi connectivity index (χ4v) is 1.69. The largest absolute Gasteiger partial charge is 0.392 e. The third-order valence-electron chi connectivity index (χ3n) is 2.36. The van der Waals surface area contributed by atoms with Crippen molar-refractivity contribution in [1.82, 2.24) is 20.2 Å². The number of benzene rings is 1. The van der Waals surface area contributed by atoms with E-state index in [0.29, 0.717) is 11.4 Å². The molecule has 5 nitrogen and oxygen atoms in total. The Bertz CT molecular complexity index is 523. The number of aliphatic hydroxyl groups excluding tert-OH is 1. The van der Waals surface area contributed by atoms with Crippen molar-refractivity contribution >= 4 is 0 Å². The highest BCUT2D eigenvalue weighted by atomic mass is 19.1. The van der Waals surface area contributed by atoms with E-state index in [1.54, 1.807) is 7.05 Å². The van der Waals surface area contributed by atoms with E-state index < -0.39 is 17.7 Å². The first-order valence-electron chi connectivity index (χ1n) is 5.39. The van der Waals surface area contributed by atoms with Gasteiger partial charge in [-0.2, -0.15) is 4.80 Å². The van der Waals surface area contributed by atoms with Gasteiger partial charge in [0.1, 0.15) is 11.6 Å². The van der Waals surface area contributed by atoms with Crippen molar-refractivity contribution in [3.63, 3.8) is 0 Å². The lowest BCUT2D eigenvalue weighted by Gasteiger charge is -2.08. The Morgan fingerprint density at radius 2 is 1.89 bits per heavy atom. The molecule has 0 saturated heterocycles. The van der Waals surface area contributed by atoms with Gasteiger partial charge in [0.05, 0.1) is 13.2 Å². The topological polar surface area (TPSA) is 63.8 Å². The van der Waals surface area contributed by atoms with Gasteiger partial charge < -0.3 is 5.11 Å². The van der Waals surface area contributed by atoms with Crippen molar-refractivity contribution in [2.24, 2.45) is 7.05 Å². The van der Waals surface area contributed by atoms with Crippen molar-refractivity contribution in [3.8, 4) is 0 Å². The summed E-state index contributed by atoms with van der Waals surface area (Å²) < 4.78 is 25.9. The monoisotopic (exact) mass is 254 g/mol. The number of aromatic nitrogens is 4. The van der Waals surface area contributed by atoms with Gasteiger partial charge in [0.15, 0.2) is 5.82 Å². The zero-order valence-electron chi connectivity index (χ0n) is 9.72. The molecule has 0 radical (unpaired) electrons. The molecular weight excluding hydrogens is 242 g/mol. The van der Waals surface area contributed by atoms with Crippen LogP contribution in [0.3, 0.4) is 0 Å². The first-order valence-corrected chi connectivity index (χ1v) is 5.39. The summed E-state index contributed by atoms with van der Waals surface area (Å²) in [6, 6.07) is 3.17. The summed E-state index contributed by atoms with van der Waals surface area (Å²) in [5, 5.41) is 21.1. The van der Waals surface area contributed by atoms with Crippen LogP contribution in [0.5, 0.6) is 0 Å². The van der Waals surface area contributed by atoms with Gasteiger partial charge in [-0.25, -0.2) is 8.78 Å². The molecule has 0 aliphatic heterocycles. The molecule has 0 aliphatic carbocycles. The van der Waals surface area contributed by atoms with Gasteiger partial charge in [-0.3, -0.25) is 0 Å². The number of hydrogen-bond acceptors (Lipinski definition) is 4. The molecule has 1 aromatic heterocycles. The number of halogens is 2. The molecule has 1 atom stereocenters. The fraction of sp³-hybridized carbons (Fsp3) is 0.364. The second-order valence-electron chi connectivity index (χ2n) is 4.03. The minimum Gasteiger partial charge on any atom is -0.392 e. The van der Waals surface area contributed by atoms with Crippen LogP contribution in [0.2, 0.25) is 0 Å². The van der Waals surface area contributed by atoms with Crippen LogP contribution >= 0.6 is 0 Å². The molecule has 7 heteroatoms. The van der Waals surface area contributed by atoms with E-state index in [-0.39, 0.29) is 12.8 Å². The van der Waals surface area contributed by atoms with Crippen LogP contribution in [0, 0.1) is 11.6 Å². The molecule has 0 fully saturated rings. The highest BCUT2D eigenvalue weighted by Crippen LogP contribution is 2.11. The van der Waals surface area contributed by atoms with Gasteiger partial charge in [-0.05, 0) is 29.3 Å². The van der Waals surface area contributed by atoms with Gasteiger partial charge in [-0.1, -0.05) is 0 Å². The van der Waals surface area contributed by atoms with Crippen molar-refractivity contribution in [2.45, 2.75) is 18.9 Å². The summed E-state index contributed by atoms with van der Waals surface area (Å²) in [5.74, 6) is -0.925. The van der Waals surface area contributed by atoms with Crippen LogP contribution in [-0.2, 0) is 19.9 Å². The summed E-state index contributed by atoms with van der Waals surface area (Å²) >= 11 is 0. The lowest BCUT2D eigenvalue weighted by Crippen LogP contribution is -2.15.